The van der Waals surface area contributed by atoms with Gasteiger partial charge in [-0.05, 0) is 17.9 Å². The molecule has 3 atom stereocenters. The van der Waals surface area contributed by atoms with E-state index in [0.29, 0.717) is 17.9 Å². The van der Waals surface area contributed by atoms with Crippen molar-refractivity contribution in [3.63, 3.8) is 0 Å². The number of nitrogens with zero attached hydrogens (tertiary/aromatic N) is 1. The largest absolute Gasteiger partial charge is 0.382 e. The molecule has 0 bridgehead atoms. The summed E-state index contributed by atoms with van der Waals surface area (Å²) in [5.41, 5.74) is 6.47. The van der Waals surface area contributed by atoms with Gasteiger partial charge in [-0.15, -0.1) is 12.4 Å². The molecule has 0 aliphatic heterocycles. The fourth-order valence-electron chi connectivity index (χ4n) is 2.74. The van der Waals surface area contributed by atoms with Gasteiger partial charge in [0.25, 0.3) is 5.91 Å². The predicted molar refractivity (Wildman–Crippen MR) is 108 cm³/mol. The summed E-state index contributed by atoms with van der Waals surface area (Å²) in [4.78, 5) is 38.0. The number of likely N-dealkylation sites (N-methyl/N-ethyl adjacent to an activating group) is 1. The van der Waals surface area contributed by atoms with Crippen LogP contribution in [0.15, 0.2) is 30.3 Å². The van der Waals surface area contributed by atoms with Crippen LogP contribution >= 0.6 is 12.4 Å². The number of nitrogens with one attached hydrogen (secondary N) is 2. The molecule has 2 unspecified atom stereocenters. The fraction of sp³-hybridized carbons (Fsp3) is 0.526. The van der Waals surface area contributed by atoms with E-state index in [4.69, 9.17) is 5.73 Å². The zero-order valence-electron chi connectivity index (χ0n) is 16.1. The number of amides is 3. The average molecular weight is 413 g/mol. The molecule has 1 aliphatic rings. The molecule has 1 aliphatic carbocycles. The highest BCUT2D eigenvalue weighted by Crippen LogP contribution is 2.33. The minimum atomic E-state index is -1.35. The molecule has 156 valence electrons. The minimum Gasteiger partial charge on any atom is -0.382 e. The monoisotopic (exact) mass is 412 g/mol. The van der Waals surface area contributed by atoms with E-state index >= 15 is 0 Å². The molecule has 1 saturated carbocycles. The summed E-state index contributed by atoms with van der Waals surface area (Å²) in [5.74, 6) is -1.02. The molecule has 28 heavy (non-hydrogen) atoms. The van der Waals surface area contributed by atoms with E-state index in [1.54, 1.807) is 38.4 Å². The molecule has 0 aromatic heterocycles. The smallest absolute Gasteiger partial charge is 0.250 e. The van der Waals surface area contributed by atoms with Crippen LogP contribution in [0.3, 0.4) is 0 Å². The second-order valence-electron chi connectivity index (χ2n) is 7.15. The number of hydrogen-bond acceptors (Lipinski definition) is 5. The summed E-state index contributed by atoms with van der Waals surface area (Å²) in [7, 11) is 3.20. The van der Waals surface area contributed by atoms with Gasteiger partial charge in [-0.3, -0.25) is 14.4 Å². The van der Waals surface area contributed by atoms with Gasteiger partial charge in [0.15, 0.2) is 0 Å². The third kappa shape index (κ3) is 7.10. The van der Waals surface area contributed by atoms with Gasteiger partial charge in [0, 0.05) is 20.1 Å². The van der Waals surface area contributed by atoms with Crippen LogP contribution in [0.25, 0.3) is 0 Å². The molecule has 5 N–H and O–H groups in total. The van der Waals surface area contributed by atoms with Crippen molar-refractivity contribution in [3.05, 3.63) is 35.9 Å². The maximum atomic E-state index is 12.4. The Morgan fingerprint density at radius 1 is 1.21 bits per heavy atom. The van der Waals surface area contributed by atoms with Crippen LogP contribution in [-0.2, 0) is 14.4 Å². The van der Waals surface area contributed by atoms with Crippen LogP contribution in [-0.4, -0.2) is 60.5 Å². The molecule has 0 saturated heterocycles. The van der Waals surface area contributed by atoms with Gasteiger partial charge >= 0.3 is 0 Å². The molecule has 0 spiro atoms. The maximum Gasteiger partial charge on any atom is 0.250 e. The van der Waals surface area contributed by atoms with E-state index in [1.165, 1.54) is 4.90 Å². The van der Waals surface area contributed by atoms with Crippen molar-refractivity contribution in [2.45, 2.75) is 37.5 Å². The number of rotatable bonds is 9. The second-order valence-corrected chi connectivity index (χ2v) is 7.15. The number of aliphatic hydroxyl groups excluding tert-OH is 1. The first-order valence-electron chi connectivity index (χ1n) is 9.06. The molecule has 2 rings (SSSR count). The van der Waals surface area contributed by atoms with Crippen molar-refractivity contribution >= 4 is 30.1 Å². The summed E-state index contributed by atoms with van der Waals surface area (Å²) >= 11 is 0. The van der Waals surface area contributed by atoms with Crippen molar-refractivity contribution in [2.24, 2.45) is 11.7 Å². The van der Waals surface area contributed by atoms with E-state index in [1.807, 2.05) is 6.07 Å². The summed E-state index contributed by atoms with van der Waals surface area (Å²) in [6.07, 6.45) is 1.39. The van der Waals surface area contributed by atoms with Gasteiger partial charge in [0.05, 0.1) is 6.54 Å². The van der Waals surface area contributed by atoms with E-state index in [0.717, 1.165) is 12.8 Å². The SMILES string of the molecule is CN(C)C(=O)[C@@H](NC(=O)CNC(=O)C(O)C(N)CC1CC1)c1ccccc1.Cl. The molecule has 1 aromatic rings. The molecular formula is C19H29ClN4O4. The highest BCUT2D eigenvalue weighted by molar-refractivity contribution is 5.91. The van der Waals surface area contributed by atoms with Crippen LogP contribution in [0.1, 0.15) is 30.9 Å². The van der Waals surface area contributed by atoms with E-state index in [9.17, 15) is 19.5 Å². The van der Waals surface area contributed by atoms with E-state index in [-0.39, 0.29) is 24.9 Å². The lowest BCUT2D eigenvalue weighted by atomic mass is 10.0. The summed E-state index contributed by atoms with van der Waals surface area (Å²) in [6.45, 7) is -0.351. The number of nitrogens with two attached hydrogens (primary N) is 1. The Balaban J connectivity index is 0.00000392. The van der Waals surface area contributed by atoms with Gasteiger partial charge in [0.1, 0.15) is 12.1 Å². The van der Waals surface area contributed by atoms with Crippen LogP contribution in [0, 0.1) is 5.92 Å². The van der Waals surface area contributed by atoms with E-state index in [2.05, 4.69) is 10.6 Å². The molecule has 9 heteroatoms. The Hall–Kier alpha value is -2.16. The summed E-state index contributed by atoms with van der Waals surface area (Å²) in [5, 5.41) is 15.0. The quantitative estimate of drug-likeness (QED) is 0.453. The second kappa shape index (κ2) is 11.0. The highest BCUT2D eigenvalue weighted by atomic mass is 35.5. The summed E-state index contributed by atoms with van der Waals surface area (Å²) in [6, 6.07) is 7.35. The molecule has 1 aromatic carbocycles. The molecular weight excluding hydrogens is 384 g/mol. The Morgan fingerprint density at radius 2 is 1.82 bits per heavy atom. The first-order valence-corrected chi connectivity index (χ1v) is 9.06. The van der Waals surface area contributed by atoms with Crippen molar-refractivity contribution in [1.29, 1.82) is 0 Å². The molecule has 3 amide bonds. The van der Waals surface area contributed by atoms with Crippen LogP contribution < -0.4 is 16.4 Å². The first-order chi connectivity index (χ1) is 12.8. The van der Waals surface area contributed by atoms with E-state index < -0.39 is 30.0 Å². The van der Waals surface area contributed by atoms with Gasteiger partial charge in [-0.1, -0.05) is 43.2 Å². The maximum absolute atomic E-state index is 12.4. The van der Waals surface area contributed by atoms with Gasteiger partial charge in [-0.25, -0.2) is 0 Å². The standard InChI is InChI=1S/C19H28N4O4.ClH/c1-23(2)19(27)16(13-6-4-3-5-7-13)22-15(24)11-21-18(26)17(25)14(20)10-12-8-9-12;/h3-7,12,14,16-17,25H,8-11,20H2,1-2H3,(H,21,26)(H,22,24);1H/t14?,16-,17?;/m0./s1. The Labute approximate surface area is 171 Å². The van der Waals surface area contributed by atoms with Crippen molar-refractivity contribution in [3.8, 4) is 0 Å². The number of aliphatic hydroxyl groups is 1. The Bertz CT molecular complexity index is 667. The lowest BCUT2D eigenvalue weighted by Crippen LogP contribution is -2.50. The third-order valence-corrected chi connectivity index (χ3v) is 4.53. The number of halogens is 1. The Kier molecular flexibility index (Phi) is 9.37. The lowest BCUT2D eigenvalue weighted by molar-refractivity contribution is -0.135. The normalized spacial score (nSPS) is 16.1. The molecule has 1 fully saturated rings. The fourth-order valence-corrected chi connectivity index (χ4v) is 2.74. The molecule has 0 heterocycles. The number of carbonyl (C=O) groups excluding carboxylic acids is 3. The van der Waals surface area contributed by atoms with Crippen LogP contribution in [0.2, 0.25) is 0 Å². The molecule has 0 radical (unpaired) electrons. The van der Waals surface area contributed by atoms with Crippen molar-refractivity contribution in [2.75, 3.05) is 20.6 Å². The third-order valence-electron chi connectivity index (χ3n) is 4.53. The zero-order chi connectivity index (χ0) is 20.0. The van der Waals surface area contributed by atoms with Crippen LogP contribution in [0.5, 0.6) is 0 Å². The first kappa shape index (κ1) is 23.9. The number of benzene rings is 1. The van der Waals surface area contributed by atoms with Gasteiger partial charge in [-0.2, -0.15) is 0 Å². The van der Waals surface area contributed by atoms with Crippen molar-refractivity contribution < 1.29 is 19.5 Å². The van der Waals surface area contributed by atoms with Crippen molar-refractivity contribution in [1.82, 2.24) is 15.5 Å². The van der Waals surface area contributed by atoms with Crippen LogP contribution in [0.4, 0.5) is 0 Å². The lowest BCUT2D eigenvalue weighted by Gasteiger charge is -2.22. The summed E-state index contributed by atoms with van der Waals surface area (Å²) < 4.78 is 0. The Morgan fingerprint density at radius 3 is 2.36 bits per heavy atom. The zero-order valence-corrected chi connectivity index (χ0v) is 16.9. The average Bonchev–Trinajstić information content (AvgIpc) is 3.47. The van der Waals surface area contributed by atoms with Gasteiger partial charge in [0.2, 0.25) is 11.8 Å². The number of hydrogen-bond donors (Lipinski definition) is 4. The highest BCUT2D eigenvalue weighted by Gasteiger charge is 2.30. The molecule has 8 nitrogen and oxygen atoms in total. The predicted octanol–water partition coefficient (Wildman–Crippen LogP) is -0.0416. The minimum absolute atomic E-state index is 0. The number of carbonyl (C=O) groups is 3. The van der Waals surface area contributed by atoms with Gasteiger partial charge < -0.3 is 26.4 Å². The topological polar surface area (TPSA) is 125 Å².